The molecule has 0 aromatic heterocycles. The molecule has 0 atom stereocenters. The molecule has 0 aliphatic rings. The van der Waals surface area contributed by atoms with Gasteiger partial charge in [0, 0.05) is 30.6 Å². The molecular formula is C13H18ClNO4S. The predicted molar refractivity (Wildman–Crippen MR) is 79.9 cm³/mol. The van der Waals surface area contributed by atoms with E-state index < -0.39 is 10.0 Å². The molecule has 1 N–H and O–H groups in total. The third kappa shape index (κ3) is 5.60. The summed E-state index contributed by atoms with van der Waals surface area (Å²) in [6, 6.07) is 6.81. The first kappa shape index (κ1) is 17.1. The molecule has 112 valence electrons. The second-order valence-corrected chi connectivity index (χ2v) is 6.27. The maximum absolute atomic E-state index is 12.1. The summed E-state index contributed by atoms with van der Waals surface area (Å²) < 4.78 is 30.3. The summed E-state index contributed by atoms with van der Waals surface area (Å²) in [5, 5.41) is 10.6. The molecule has 0 amide bonds. The molecule has 1 rings (SSSR count). The van der Waals surface area contributed by atoms with Gasteiger partial charge in [0.15, 0.2) is 0 Å². The van der Waals surface area contributed by atoms with E-state index in [9.17, 15) is 8.42 Å². The Morgan fingerprint density at radius 3 is 2.50 bits per heavy atom. The SMILES string of the molecule is COCCN(CCO)S(=O)(=O)/C=C/c1ccc(Cl)cc1. The molecule has 1 aromatic rings. The molecule has 0 unspecified atom stereocenters. The van der Waals surface area contributed by atoms with Crippen LogP contribution in [0.1, 0.15) is 5.56 Å². The van der Waals surface area contributed by atoms with Crippen molar-refractivity contribution >= 4 is 27.7 Å². The number of nitrogens with zero attached hydrogens (tertiary/aromatic N) is 1. The first-order chi connectivity index (χ1) is 9.49. The zero-order valence-corrected chi connectivity index (χ0v) is 12.8. The maximum Gasteiger partial charge on any atom is 0.236 e. The second kappa shape index (κ2) is 8.39. The molecule has 0 radical (unpaired) electrons. The lowest BCUT2D eigenvalue weighted by Crippen LogP contribution is -2.34. The van der Waals surface area contributed by atoms with Crippen LogP contribution in [0.4, 0.5) is 0 Å². The van der Waals surface area contributed by atoms with Gasteiger partial charge in [-0.3, -0.25) is 0 Å². The molecule has 0 saturated heterocycles. The summed E-state index contributed by atoms with van der Waals surface area (Å²) in [5.74, 6) is 0. The second-order valence-electron chi connectivity index (χ2n) is 4.01. The number of aliphatic hydroxyl groups is 1. The molecule has 0 aliphatic heterocycles. The highest BCUT2D eigenvalue weighted by Crippen LogP contribution is 2.12. The van der Waals surface area contributed by atoms with Crippen molar-refractivity contribution in [3.8, 4) is 0 Å². The minimum Gasteiger partial charge on any atom is -0.395 e. The number of aliphatic hydroxyl groups excluding tert-OH is 1. The lowest BCUT2D eigenvalue weighted by molar-refractivity contribution is 0.169. The summed E-state index contributed by atoms with van der Waals surface area (Å²) in [6.07, 6.45) is 1.49. The Morgan fingerprint density at radius 2 is 1.95 bits per heavy atom. The highest BCUT2D eigenvalue weighted by molar-refractivity contribution is 7.92. The Morgan fingerprint density at radius 1 is 1.30 bits per heavy atom. The third-order valence-corrected chi connectivity index (χ3v) is 4.37. The number of methoxy groups -OCH3 is 1. The molecular weight excluding hydrogens is 302 g/mol. The fourth-order valence-corrected chi connectivity index (χ4v) is 2.79. The quantitative estimate of drug-likeness (QED) is 0.790. The summed E-state index contributed by atoms with van der Waals surface area (Å²) in [4.78, 5) is 0. The van der Waals surface area contributed by atoms with E-state index in [-0.39, 0.29) is 26.3 Å². The normalized spacial score (nSPS) is 12.4. The number of halogens is 1. The Kier molecular flexibility index (Phi) is 7.18. The van der Waals surface area contributed by atoms with Crippen LogP contribution in [0.25, 0.3) is 6.08 Å². The molecule has 0 saturated carbocycles. The highest BCUT2D eigenvalue weighted by atomic mass is 35.5. The first-order valence-corrected chi connectivity index (χ1v) is 7.91. The minimum atomic E-state index is -3.59. The summed E-state index contributed by atoms with van der Waals surface area (Å²) in [7, 11) is -2.09. The topological polar surface area (TPSA) is 66.8 Å². The van der Waals surface area contributed by atoms with Gasteiger partial charge < -0.3 is 9.84 Å². The molecule has 0 bridgehead atoms. The van der Waals surface area contributed by atoms with Crippen LogP contribution >= 0.6 is 11.6 Å². The van der Waals surface area contributed by atoms with Gasteiger partial charge in [-0.1, -0.05) is 23.7 Å². The van der Waals surface area contributed by atoms with Crippen molar-refractivity contribution in [1.82, 2.24) is 4.31 Å². The fraction of sp³-hybridized carbons (Fsp3) is 0.385. The molecule has 0 spiro atoms. The maximum atomic E-state index is 12.1. The van der Waals surface area contributed by atoms with Gasteiger partial charge in [0.1, 0.15) is 0 Å². The summed E-state index contributed by atoms with van der Waals surface area (Å²) in [5.41, 5.74) is 0.730. The number of hydrogen-bond acceptors (Lipinski definition) is 4. The van der Waals surface area contributed by atoms with E-state index in [4.69, 9.17) is 21.4 Å². The molecule has 0 fully saturated rings. The van der Waals surface area contributed by atoms with Crippen molar-refractivity contribution in [2.75, 3.05) is 33.4 Å². The highest BCUT2D eigenvalue weighted by Gasteiger charge is 2.17. The van der Waals surface area contributed by atoms with Crippen LogP contribution in [0.5, 0.6) is 0 Å². The molecule has 0 aliphatic carbocycles. The van der Waals surface area contributed by atoms with Crippen molar-refractivity contribution in [3.63, 3.8) is 0 Å². The Labute approximate surface area is 124 Å². The van der Waals surface area contributed by atoms with Crippen molar-refractivity contribution in [1.29, 1.82) is 0 Å². The van der Waals surface area contributed by atoms with E-state index in [1.807, 2.05) is 0 Å². The molecule has 0 heterocycles. The van der Waals surface area contributed by atoms with E-state index in [0.29, 0.717) is 5.02 Å². The molecule has 7 heteroatoms. The van der Waals surface area contributed by atoms with E-state index in [1.54, 1.807) is 24.3 Å². The lowest BCUT2D eigenvalue weighted by atomic mass is 10.2. The fourth-order valence-electron chi connectivity index (χ4n) is 1.50. The van der Waals surface area contributed by atoms with Gasteiger partial charge in [0.05, 0.1) is 13.2 Å². The van der Waals surface area contributed by atoms with Crippen LogP contribution < -0.4 is 0 Å². The van der Waals surface area contributed by atoms with Crippen molar-refractivity contribution in [2.24, 2.45) is 0 Å². The molecule has 20 heavy (non-hydrogen) atoms. The van der Waals surface area contributed by atoms with Crippen LogP contribution in [-0.4, -0.2) is 51.2 Å². The Bertz CT molecular complexity index is 528. The van der Waals surface area contributed by atoms with Crippen LogP contribution in [-0.2, 0) is 14.8 Å². The van der Waals surface area contributed by atoms with E-state index >= 15 is 0 Å². The lowest BCUT2D eigenvalue weighted by Gasteiger charge is -2.18. The van der Waals surface area contributed by atoms with Crippen LogP contribution in [0, 0.1) is 0 Å². The van der Waals surface area contributed by atoms with E-state index in [1.165, 1.54) is 17.5 Å². The Balaban J connectivity index is 2.82. The Hall–Kier alpha value is -0.920. The monoisotopic (exact) mass is 319 g/mol. The van der Waals surface area contributed by atoms with Crippen molar-refractivity contribution < 1.29 is 18.3 Å². The van der Waals surface area contributed by atoms with Gasteiger partial charge in [0.25, 0.3) is 0 Å². The number of rotatable bonds is 8. The van der Waals surface area contributed by atoms with Gasteiger partial charge in [-0.25, -0.2) is 8.42 Å². The van der Waals surface area contributed by atoms with E-state index in [0.717, 1.165) is 11.0 Å². The van der Waals surface area contributed by atoms with Gasteiger partial charge in [-0.2, -0.15) is 4.31 Å². The average molecular weight is 320 g/mol. The zero-order valence-electron chi connectivity index (χ0n) is 11.2. The summed E-state index contributed by atoms with van der Waals surface area (Å²) in [6.45, 7) is 0.271. The smallest absolute Gasteiger partial charge is 0.236 e. The van der Waals surface area contributed by atoms with Gasteiger partial charge in [-0.05, 0) is 23.8 Å². The third-order valence-electron chi connectivity index (χ3n) is 2.56. The number of ether oxygens (including phenoxy) is 1. The van der Waals surface area contributed by atoms with Crippen LogP contribution in [0.3, 0.4) is 0 Å². The molecule has 1 aromatic carbocycles. The summed E-state index contributed by atoms with van der Waals surface area (Å²) >= 11 is 5.76. The predicted octanol–water partition coefficient (Wildman–Crippen LogP) is 1.58. The van der Waals surface area contributed by atoms with Crippen molar-refractivity contribution in [2.45, 2.75) is 0 Å². The van der Waals surface area contributed by atoms with Gasteiger partial charge >= 0.3 is 0 Å². The van der Waals surface area contributed by atoms with Gasteiger partial charge in [0.2, 0.25) is 10.0 Å². The minimum absolute atomic E-state index is 0.0383. The first-order valence-electron chi connectivity index (χ1n) is 6.03. The van der Waals surface area contributed by atoms with Gasteiger partial charge in [-0.15, -0.1) is 0 Å². The van der Waals surface area contributed by atoms with Crippen LogP contribution in [0.15, 0.2) is 29.7 Å². The van der Waals surface area contributed by atoms with Crippen LogP contribution in [0.2, 0.25) is 5.02 Å². The standard InChI is InChI=1S/C13H18ClNO4S/c1-19-10-8-15(7-9-16)20(17,18)11-6-12-2-4-13(14)5-3-12/h2-6,11,16H,7-10H2,1H3/b11-6+. The zero-order chi connectivity index (χ0) is 15.0. The number of sulfonamides is 1. The largest absolute Gasteiger partial charge is 0.395 e. The molecule has 5 nitrogen and oxygen atoms in total. The average Bonchev–Trinajstić information content (AvgIpc) is 2.43. The van der Waals surface area contributed by atoms with E-state index in [2.05, 4.69) is 0 Å². The number of hydrogen-bond donors (Lipinski definition) is 1. The number of benzene rings is 1. The van der Waals surface area contributed by atoms with Crippen molar-refractivity contribution in [3.05, 3.63) is 40.3 Å².